The van der Waals surface area contributed by atoms with Crippen molar-refractivity contribution in [1.29, 1.82) is 0 Å². The van der Waals surface area contributed by atoms with E-state index in [4.69, 9.17) is 9.72 Å². The van der Waals surface area contributed by atoms with Gasteiger partial charge in [0.1, 0.15) is 11.4 Å². The van der Waals surface area contributed by atoms with E-state index in [2.05, 4.69) is 53.5 Å². The molecule has 1 fully saturated rings. The van der Waals surface area contributed by atoms with E-state index in [0.717, 1.165) is 41.4 Å². The maximum absolute atomic E-state index is 13.6. The average Bonchev–Trinajstić information content (AvgIpc) is 3.33. The Morgan fingerprint density at radius 1 is 0.943 bits per heavy atom. The summed E-state index contributed by atoms with van der Waals surface area (Å²) in [6, 6.07) is 20.6. The molecule has 0 bridgehead atoms. The minimum absolute atomic E-state index is 0.0623. The molecule has 6 heteroatoms. The van der Waals surface area contributed by atoms with Crippen LogP contribution in [0.1, 0.15) is 34.7 Å². The molecule has 3 heterocycles. The van der Waals surface area contributed by atoms with Gasteiger partial charge in [-0.2, -0.15) is 0 Å². The minimum Gasteiger partial charge on any atom is -0.495 e. The number of fused-ring (bicyclic) bond motifs is 1. The van der Waals surface area contributed by atoms with Gasteiger partial charge in [0.2, 0.25) is 5.91 Å². The van der Waals surface area contributed by atoms with Crippen LogP contribution in [0.5, 0.6) is 5.75 Å². The third-order valence-corrected chi connectivity index (χ3v) is 7.12. The third-order valence-electron chi connectivity index (χ3n) is 7.12. The number of rotatable bonds is 6. The highest BCUT2D eigenvalue weighted by Crippen LogP contribution is 2.33. The molecular weight excluding hydrogens is 436 g/mol. The number of ether oxygens (including phenoxy) is 1. The fraction of sp³-hybridized carbons (Fsp3) is 0.310. The highest BCUT2D eigenvalue weighted by molar-refractivity contribution is 5.78. The van der Waals surface area contributed by atoms with E-state index < -0.39 is 0 Å². The van der Waals surface area contributed by atoms with E-state index in [1.807, 2.05) is 47.6 Å². The highest BCUT2D eigenvalue weighted by Gasteiger charge is 2.28. The van der Waals surface area contributed by atoms with E-state index in [-0.39, 0.29) is 11.8 Å². The van der Waals surface area contributed by atoms with Crippen molar-refractivity contribution in [1.82, 2.24) is 14.3 Å². The standard InChI is InChI=1S/C29H32N4O2/c1-21-9-4-5-11-23(21)24(26-20-30-29-22(2)10-8-14-33(26)29)19-28(34)32-17-15-31(16-18-32)25-12-6-7-13-27(25)35-3/h4-14,20,24H,15-19H2,1-3H3. The summed E-state index contributed by atoms with van der Waals surface area (Å²) >= 11 is 0. The number of methoxy groups -OCH3 is 1. The second-order valence-corrected chi connectivity index (χ2v) is 9.22. The Labute approximate surface area is 206 Å². The number of para-hydroxylation sites is 2. The summed E-state index contributed by atoms with van der Waals surface area (Å²) in [5.74, 6) is 0.989. The number of carbonyl (C=O) groups excluding carboxylic acids is 1. The second kappa shape index (κ2) is 9.82. The van der Waals surface area contributed by atoms with Crippen LogP contribution < -0.4 is 9.64 Å². The van der Waals surface area contributed by atoms with Gasteiger partial charge in [0.05, 0.1) is 18.5 Å². The Morgan fingerprint density at radius 3 is 2.43 bits per heavy atom. The summed E-state index contributed by atoms with van der Waals surface area (Å²) in [5.41, 5.74) is 6.57. The number of aryl methyl sites for hydroxylation is 2. The molecule has 5 rings (SSSR count). The van der Waals surface area contributed by atoms with Gasteiger partial charge in [-0.05, 0) is 48.7 Å². The SMILES string of the molecule is COc1ccccc1N1CCN(C(=O)CC(c2ccccc2C)c2cnc3c(C)cccn23)CC1. The molecule has 1 aliphatic heterocycles. The van der Waals surface area contributed by atoms with Gasteiger partial charge >= 0.3 is 0 Å². The van der Waals surface area contributed by atoms with Crippen LogP contribution in [0.2, 0.25) is 0 Å². The summed E-state index contributed by atoms with van der Waals surface area (Å²) in [6.45, 7) is 7.16. The molecule has 1 amide bonds. The smallest absolute Gasteiger partial charge is 0.223 e. The molecule has 2 aromatic carbocycles. The highest BCUT2D eigenvalue weighted by atomic mass is 16.5. The number of hydrogen-bond acceptors (Lipinski definition) is 4. The van der Waals surface area contributed by atoms with E-state index in [9.17, 15) is 4.79 Å². The number of aromatic nitrogens is 2. The van der Waals surface area contributed by atoms with Crippen LogP contribution >= 0.6 is 0 Å². The van der Waals surface area contributed by atoms with Crippen molar-refractivity contribution in [2.24, 2.45) is 0 Å². The van der Waals surface area contributed by atoms with Crippen LogP contribution in [0.3, 0.4) is 0 Å². The fourth-order valence-corrected chi connectivity index (χ4v) is 5.17. The second-order valence-electron chi connectivity index (χ2n) is 9.22. The quantitative estimate of drug-likeness (QED) is 0.407. The number of imidazole rings is 1. The minimum atomic E-state index is -0.0623. The zero-order valence-corrected chi connectivity index (χ0v) is 20.6. The van der Waals surface area contributed by atoms with Gasteiger partial charge in [0, 0.05) is 50.9 Å². The van der Waals surface area contributed by atoms with Crippen molar-refractivity contribution in [3.8, 4) is 5.75 Å². The van der Waals surface area contributed by atoms with Gasteiger partial charge < -0.3 is 18.9 Å². The monoisotopic (exact) mass is 468 g/mol. The third kappa shape index (κ3) is 4.48. The van der Waals surface area contributed by atoms with E-state index in [1.54, 1.807) is 7.11 Å². The molecule has 0 N–H and O–H groups in total. The van der Waals surface area contributed by atoms with Gasteiger partial charge in [-0.3, -0.25) is 4.79 Å². The van der Waals surface area contributed by atoms with Gasteiger partial charge in [0.15, 0.2) is 0 Å². The lowest BCUT2D eigenvalue weighted by Gasteiger charge is -2.37. The number of anilines is 1. The number of amides is 1. The Bertz CT molecular complexity index is 1340. The number of piperazine rings is 1. The molecule has 1 aliphatic rings. The molecule has 4 aromatic rings. The molecule has 1 saturated heterocycles. The molecule has 180 valence electrons. The molecule has 0 radical (unpaired) electrons. The van der Waals surface area contributed by atoms with Crippen LogP contribution in [0.25, 0.3) is 5.65 Å². The van der Waals surface area contributed by atoms with Gasteiger partial charge in [0.25, 0.3) is 0 Å². The molecule has 6 nitrogen and oxygen atoms in total. The molecule has 2 aromatic heterocycles. The summed E-state index contributed by atoms with van der Waals surface area (Å²) in [5, 5.41) is 0. The number of hydrogen-bond donors (Lipinski definition) is 0. The summed E-state index contributed by atoms with van der Waals surface area (Å²) in [7, 11) is 1.70. The number of pyridine rings is 1. The Hall–Kier alpha value is -3.80. The number of benzene rings is 2. The maximum Gasteiger partial charge on any atom is 0.223 e. The number of carbonyl (C=O) groups is 1. The first kappa shape index (κ1) is 23.0. The average molecular weight is 469 g/mol. The van der Waals surface area contributed by atoms with Gasteiger partial charge in [-0.1, -0.05) is 42.5 Å². The number of nitrogens with zero attached hydrogens (tertiary/aromatic N) is 4. The first-order valence-corrected chi connectivity index (χ1v) is 12.2. The van der Waals surface area contributed by atoms with Crippen molar-refractivity contribution < 1.29 is 9.53 Å². The van der Waals surface area contributed by atoms with Gasteiger partial charge in [-0.15, -0.1) is 0 Å². The fourth-order valence-electron chi connectivity index (χ4n) is 5.17. The summed E-state index contributed by atoms with van der Waals surface area (Å²) < 4.78 is 7.68. The molecule has 35 heavy (non-hydrogen) atoms. The Morgan fingerprint density at radius 2 is 1.66 bits per heavy atom. The largest absolute Gasteiger partial charge is 0.495 e. The Balaban J connectivity index is 1.38. The van der Waals surface area contributed by atoms with Crippen molar-refractivity contribution in [3.63, 3.8) is 0 Å². The van der Waals surface area contributed by atoms with Crippen LogP contribution in [0, 0.1) is 13.8 Å². The lowest BCUT2D eigenvalue weighted by atomic mass is 9.89. The molecule has 0 saturated carbocycles. The van der Waals surface area contributed by atoms with Crippen LogP contribution in [-0.4, -0.2) is 53.5 Å². The summed E-state index contributed by atoms with van der Waals surface area (Å²) in [4.78, 5) is 22.6. The van der Waals surface area contributed by atoms with Gasteiger partial charge in [-0.25, -0.2) is 4.98 Å². The van der Waals surface area contributed by atoms with E-state index >= 15 is 0 Å². The first-order valence-electron chi connectivity index (χ1n) is 12.2. The van der Waals surface area contributed by atoms with E-state index in [0.29, 0.717) is 19.5 Å². The maximum atomic E-state index is 13.6. The predicted molar refractivity (Wildman–Crippen MR) is 139 cm³/mol. The van der Waals surface area contributed by atoms with Crippen molar-refractivity contribution >= 4 is 17.2 Å². The summed E-state index contributed by atoms with van der Waals surface area (Å²) in [6.07, 6.45) is 4.40. The van der Waals surface area contributed by atoms with Crippen molar-refractivity contribution in [2.45, 2.75) is 26.2 Å². The zero-order valence-electron chi connectivity index (χ0n) is 20.6. The molecule has 1 atom stereocenters. The lowest BCUT2D eigenvalue weighted by molar-refractivity contribution is -0.131. The van der Waals surface area contributed by atoms with E-state index in [1.165, 1.54) is 11.1 Å². The normalized spacial score (nSPS) is 14.8. The lowest BCUT2D eigenvalue weighted by Crippen LogP contribution is -2.49. The molecule has 0 spiro atoms. The van der Waals surface area contributed by atoms with Crippen LogP contribution in [0.4, 0.5) is 5.69 Å². The molecular formula is C29H32N4O2. The molecule has 0 aliphatic carbocycles. The Kier molecular flexibility index (Phi) is 6.45. The van der Waals surface area contributed by atoms with Crippen LogP contribution in [0.15, 0.2) is 73.1 Å². The van der Waals surface area contributed by atoms with Crippen molar-refractivity contribution in [3.05, 3.63) is 95.4 Å². The zero-order chi connectivity index (χ0) is 24.4. The van der Waals surface area contributed by atoms with Crippen LogP contribution in [-0.2, 0) is 4.79 Å². The predicted octanol–water partition coefficient (Wildman–Crippen LogP) is 4.83. The van der Waals surface area contributed by atoms with Crippen molar-refractivity contribution in [2.75, 3.05) is 38.2 Å². The first-order chi connectivity index (χ1) is 17.1. The molecule has 1 unspecified atom stereocenters. The topological polar surface area (TPSA) is 50.1 Å².